The fourth-order valence-electron chi connectivity index (χ4n) is 3.02. The Hall–Kier alpha value is -2.51. The van der Waals surface area contributed by atoms with Crippen LogP contribution < -0.4 is 4.72 Å². The van der Waals surface area contributed by atoms with Gasteiger partial charge in [-0.3, -0.25) is 4.79 Å². The molecule has 2 aromatic carbocycles. The number of hydrogen-bond acceptors (Lipinski definition) is 5. The van der Waals surface area contributed by atoms with Gasteiger partial charge in [0.05, 0.1) is 10.5 Å². The Morgan fingerprint density at radius 1 is 0.931 bits per heavy atom. The van der Waals surface area contributed by atoms with E-state index in [0.717, 1.165) is 29.5 Å². The number of carbonyl (C=O) groups is 2. The molecule has 154 valence electrons. The van der Waals surface area contributed by atoms with Gasteiger partial charge < -0.3 is 4.74 Å². The predicted octanol–water partition coefficient (Wildman–Crippen LogP) is 3.40. The first-order chi connectivity index (χ1) is 13.6. The summed E-state index contributed by atoms with van der Waals surface area (Å²) >= 11 is 0. The highest BCUT2D eigenvalue weighted by Crippen LogP contribution is 2.23. The van der Waals surface area contributed by atoms with Crippen molar-refractivity contribution in [3.05, 3.63) is 63.7 Å². The number of sulfonamides is 1. The molecule has 7 heteroatoms. The molecule has 1 aliphatic rings. The van der Waals surface area contributed by atoms with Gasteiger partial charge in [0.2, 0.25) is 15.8 Å². The van der Waals surface area contributed by atoms with Crippen LogP contribution in [0.2, 0.25) is 0 Å². The highest BCUT2D eigenvalue weighted by molar-refractivity contribution is 7.89. The average Bonchev–Trinajstić information content (AvgIpc) is 3.46. The number of carbonyl (C=O) groups excluding carboxylic acids is 2. The zero-order valence-electron chi connectivity index (χ0n) is 17.0. The fourth-order valence-corrected chi connectivity index (χ4v) is 4.36. The molecule has 1 aliphatic carbocycles. The summed E-state index contributed by atoms with van der Waals surface area (Å²) in [6, 6.07) is 8.01. The smallest absolute Gasteiger partial charge is 0.338 e. The Kier molecular flexibility index (Phi) is 5.91. The summed E-state index contributed by atoms with van der Waals surface area (Å²) in [5.74, 6) is -1.02. The Labute approximate surface area is 171 Å². The second-order valence-electron chi connectivity index (χ2n) is 7.62. The first-order valence-electron chi connectivity index (χ1n) is 9.49. The van der Waals surface area contributed by atoms with Gasteiger partial charge in [-0.25, -0.2) is 17.9 Å². The molecule has 0 spiro atoms. The fraction of sp³-hybridized carbons (Fsp3) is 0.364. The van der Waals surface area contributed by atoms with Crippen molar-refractivity contribution in [1.82, 2.24) is 4.72 Å². The van der Waals surface area contributed by atoms with E-state index in [1.54, 1.807) is 19.1 Å². The van der Waals surface area contributed by atoms with Crippen LogP contribution >= 0.6 is 0 Å². The minimum Gasteiger partial charge on any atom is -0.454 e. The molecule has 0 bridgehead atoms. The van der Waals surface area contributed by atoms with Gasteiger partial charge in [-0.2, -0.15) is 0 Å². The van der Waals surface area contributed by atoms with Crippen LogP contribution in [0.3, 0.4) is 0 Å². The molecular formula is C22H25NO5S. The number of ketones is 1. The second kappa shape index (κ2) is 8.08. The number of hydrogen-bond donors (Lipinski definition) is 1. The van der Waals surface area contributed by atoms with Crippen molar-refractivity contribution in [3.8, 4) is 0 Å². The summed E-state index contributed by atoms with van der Waals surface area (Å²) in [6.07, 6.45) is 1.64. The third kappa shape index (κ3) is 4.92. The molecule has 29 heavy (non-hydrogen) atoms. The summed E-state index contributed by atoms with van der Waals surface area (Å²) in [4.78, 5) is 25.1. The van der Waals surface area contributed by atoms with Crippen LogP contribution in [-0.4, -0.2) is 32.8 Å². The maximum absolute atomic E-state index is 12.5. The van der Waals surface area contributed by atoms with Gasteiger partial charge in [0.25, 0.3) is 0 Å². The van der Waals surface area contributed by atoms with E-state index in [-0.39, 0.29) is 22.3 Å². The van der Waals surface area contributed by atoms with Gasteiger partial charge in [0.15, 0.2) is 6.61 Å². The van der Waals surface area contributed by atoms with Crippen molar-refractivity contribution >= 4 is 21.8 Å². The molecule has 0 aromatic heterocycles. The molecule has 0 atom stereocenters. The first kappa shape index (κ1) is 21.2. The largest absolute Gasteiger partial charge is 0.454 e. The zero-order chi connectivity index (χ0) is 21.3. The highest BCUT2D eigenvalue weighted by Gasteiger charge is 2.28. The molecule has 0 saturated heterocycles. The Balaban J connectivity index is 1.74. The minimum absolute atomic E-state index is 0.0123. The quantitative estimate of drug-likeness (QED) is 0.553. The van der Waals surface area contributed by atoms with E-state index in [4.69, 9.17) is 4.74 Å². The monoisotopic (exact) mass is 415 g/mol. The van der Waals surface area contributed by atoms with E-state index < -0.39 is 22.6 Å². The number of aryl methyl sites for hydroxylation is 4. The van der Waals surface area contributed by atoms with Gasteiger partial charge in [0.1, 0.15) is 0 Å². The van der Waals surface area contributed by atoms with Crippen molar-refractivity contribution in [2.24, 2.45) is 0 Å². The summed E-state index contributed by atoms with van der Waals surface area (Å²) in [5, 5.41) is 0. The predicted molar refractivity (Wildman–Crippen MR) is 110 cm³/mol. The zero-order valence-corrected chi connectivity index (χ0v) is 17.9. The third-order valence-corrected chi connectivity index (χ3v) is 6.63. The lowest BCUT2D eigenvalue weighted by molar-refractivity contribution is 0.0473. The molecule has 1 saturated carbocycles. The van der Waals surface area contributed by atoms with E-state index in [9.17, 15) is 18.0 Å². The van der Waals surface area contributed by atoms with Gasteiger partial charge >= 0.3 is 5.97 Å². The second-order valence-corrected chi connectivity index (χ2v) is 9.34. The number of rotatable bonds is 7. The van der Waals surface area contributed by atoms with Gasteiger partial charge in [0, 0.05) is 11.6 Å². The van der Waals surface area contributed by atoms with Crippen LogP contribution in [0.5, 0.6) is 0 Å². The molecule has 2 aromatic rings. The molecule has 0 heterocycles. The number of ether oxygens (including phenoxy) is 1. The maximum Gasteiger partial charge on any atom is 0.338 e. The van der Waals surface area contributed by atoms with Crippen LogP contribution in [0.25, 0.3) is 0 Å². The first-order valence-corrected chi connectivity index (χ1v) is 11.0. The van der Waals surface area contributed by atoms with Gasteiger partial charge in [-0.05, 0) is 81.0 Å². The maximum atomic E-state index is 12.5. The highest BCUT2D eigenvalue weighted by atomic mass is 32.2. The van der Waals surface area contributed by atoms with Crippen LogP contribution in [0.15, 0.2) is 35.2 Å². The molecule has 0 aliphatic heterocycles. The number of nitrogens with one attached hydrogen (secondary N) is 1. The molecule has 0 unspecified atom stereocenters. The van der Waals surface area contributed by atoms with Gasteiger partial charge in [-0.15, -0.1) is 0 Å². The van der Waals surface area contributed by atoms with E-state index in [0.29, 0.717) is 11.1 Å². The summed E-state index contributed by atoms with van der Waals surface area (Å²) in [6.45, 7) is 7.02. The molecule has 6 nitrogen and oxygen atoms in total. The van der Waals surface area contributed by atoms with Crippen LogP contribution in [0, 0.1) is 27.7 Å². The van der Waals surface area contributed by atoms with Crippen molar-refractivity contribution in [2.75, 3.05) is 6.61 Å². The Morgan fingerprint density at radius 3 is 2.24 bits per heavy atom. The standard InChI is InChI=1S/C22H25NO5S/c1-13-5-8-18(29(26,27)23-17-6-7-17)11-20(13)22(25)28-12-21(24)19-10-15(3)14(2)9-16(19)4/h5,8-11,17,23H,6-7,12H2,1-4H3. The van der Waals surface area contributed by atoms with Crippen LogP contribution in [-0.2, 0) is 14.8 Å². The number of esters is 1. The molecule has 1 N–H and O–H groups in total. The van der Waals surface area contributed by atoms with Crippen molar-refractivity contribution in [1.29, 1.82) is 0 Å². The average molecular weight is 416 g/mol. The van der Waals surface area contributed by atoms with E-state index in [2.05, 4.69) is 4.72 Å². The molecule has 0 radical (unpaired) electrons. The summed E-state index contributed by atoms with van der Waals surface area (Å²) < 4.78 is 32.6. The minimum atomic E-state index is -3.68. The normalized spacial score (nSPS) is 13.9. The van der Waals surface area contributed by atoms with Crippen molar-refractivity contribution < 1.29 is 22.7 Å². The number of benzene rings is 2. The molecule has 1 fully saturated rings. The van der Waals surface area contributed by atoms with E-state index >= 15 is 0 Å². The van der Waals surface area contributed by atoms with E-state index in [1.807, 2.05) is 26.8 Å². The molecule has 0 amide bonds. The Bertz CT molecular complexity index is 1080. The lowest BCUT2D eigenvalue weighted by Gasteiger charge is -2.12. The van der Waals surface area contributed by atoms with Crippen molar-refractivity contribution in [2.45, 2.75) is 51.5 Å². The van der Waals surface area contributed by atoms with Crippen LogP contribution in [0.4, 0.5) is 0 Å². The molecular weight excluding hydrogens is 390 g/mol. The van der Waals surface area contributed by atoms with Crippen molar-refractivity contribution in [3.63, 3.8) is 0 Å². The topological polar surface area (TPSA) is 89.5 Å². The molecule has 3 rings (SSSR count). The Morgan fingerprint density at radius 2 is 1.59 bits per heavy atom. The van der Waals surface area contributed by atoms with Crippen LogP contribution in [0.1, 0.15) is 55.8 Å². The summed E-state index contributed by atoms with van der Waals surface area (Å²) in [7, 11) is -3.68. The lowest BCUT2D eigenvalue weighted by atomic mass is 9.98. The lowest BCUT2D eigenvalue weighted by Crippen LogP contribution is -2.26. The van der Waals surface area contributed by atoms with Gasteiger partial charge in [-0.1, -0.05) is 12.1 Å². The number of Topliss-reactive ketones (excluding diaryl/α,β-unsaturated/α-hetero) is 1. The third-order valence-electron chi connectivity index (χ3n) is 5.11. The SMILES string of the molecule is Cc1cc(C)c(C(=O)COC(=O)c2cc(S(=O)(=O)NC3CC3)ccc2C)cc1C. The van der Waals surface area contributed by atoms with E-state index in [1.165, 1.54) is 12.1 Å². The summed E-state index contributed by atoms with van der Waals surface area (Å²) in [5.41, 5.74) is 4.13.